The lowest BCUT2D eigenvalue weighted by molar-refractivity contribution is 0.0901. The number of hydrogen-bond acceptors (Lipinski definition) is 2. The van der Waals surface area contributed by atoms with Crippen molar-refractivity contribution in [3.05, 3.63) is 0 Å². The van der Waals surface area contributed by atoms with Gasteiger partial charge in [-0.25, -0.2) is 0 Å². The topological polar surface area (TPSA) is 12.5 Å². The molecule has 1 aliphatic carbocycles. The number of nitrogens with zero attached hydrogens (tertiary/aromatic N) is 1. The Morgan fingerprint density at radius 3 is 2.58 bits per heavy atom. The molecule has 0 amide bonds. The van der Waals surface area contributed by atoms with Gasteiger partial charge < -0.3 is 4.74 Å². The Labute approximate surface area is 79.8 Å². The summed E-state index contributed by atoms with van der Waals surface area (Å²) in [4.78, 5) is 2.44. The maximum Gasteiger partial charge on any atom is 0.0589 e. The molecule has 0 N–H and O–H groups in total. The summed E-state index contributed by atoms with van der Waals surface area (Å²) in [6.45, 7) is 2.87. The third-order valence-electron chi connectivity index (χ3n) is 2.55. The van der Waals surface area contributed by atoms with Crippen molar-refractivity contribution in [2.75, 3.05) is 32.7 Å². The molecule has 0 saturated heterocycles. The highest BCUT2D eigenvalue weighted by molar-refractivity contribution is 6.18. The monoisotopic (exact) mass is 191 g/mol. The van der Waals surface area contributed by atoms with E-state index in [1.807, 2.05) is 0 Å². The average Bonchev–Trinajstić information content (AvgIpc) is 1.97. The molecule has 0 unspecified atom stereocenters. The van der Waals surface area contributed by atoms with E-state index in [1.165, 1.54) is 19.3 Å². The predicted molar refractivity (Wildman–Crippen MR) is 51.8 cm³/mol. The minimum atomic E-state index is 0.736. The second-order valence-corrected chi connectivity index (χ2v) is 3.68. The Morgan fingerprint density at radius 2 is 2.17 bits per heavy atom. The standard InChI is InChI=1S/C9H18ClNO/c1-12-8-7-11(6-5-10)9-3-2-4-9/h9H,2-8H2,1H3. The van der Waals surface area contributed by atoms with Crippen molar-refractivity contribution in [2.45, 2.75) is 25.3 Å². The Bertz CT molecular complexity index is 117. The molecule has 0 spiro atoms. The molecule has 2 nitrogen and oxygen atoms in total. The van der Waals surface area contributed by atoms with Crippen molar-refractivity contribution in [3.8, 4) is 0 Å². The minimum absolute atomic E-state index is 0.736. The summed E-state index contributed by atoms with van der Waals surface area (Å²) in [6, 6.07) is 0.791. The van der Waals surface area contributed by atoms with Crippen LogP contribution in [-0.2, 0) is 4.74 Å². The number of rotatable bonds is 6. The molecule has 0 aromatic heterocycles. The summed E-state index contributed by atoms with van der Waals surface area (Å²) in [6.07, 6.45) is 4.08. The van der Waals surface area contributed by atoms with E-state index in [-0.39, 0.29) is 0 Å². The van der Waals surface area contributed by atoms with E-state index in [1.54, 1.807) is 7.11 Å². The first kappa shape index (κ1) is 10.3. The van der Waals surface area contributed by atoms with Crippen molar-refractivity contribution in [1.29, 1.82) is 0 Å². The van der Waals surface area contributed by atoms with Crippen LogP contribution < -0.4 is 0 Å². The molecular formula is C9H18ClNO. The van der Waals surface area contributed by atoms with Gasteiger partial charge in [-0.3, -0.25) is 4.90 Å². The molecule has 0 aromatic carbocycles. The van der Waals surface area contributed by atoms with Crippen LogP contribution in [0.4, 0.5) is 0 Å². The van der Waals surface area contributed by atoms with Crippen molar-refractivity contribution < 1.29 is 4.74 Å². The maximum atomic E-state index is 5.72. The molecule has 12 heavy (non-hydrogen) atoms. The molecule has 0 aliphatic heterocycles. The fourth-order valence-corrected chi connectivity index (χ4v) is 1.76. The largest absolute Gasteiger partial charge is 0.383 e. The smallest absolute Gasteiger partial charge is 0.0589 e. The van der Waals surface area contributed by atoms with Gasteiger partial charge in [0.25, 0.3) is 0 Å². The highest BCUT2D eigenvalue weighted by Crippen LogP contribution is 2.24. The second-order valence-electron chi connectivity index (χ2n) is 3.30. The average molecular weight is 192 g/mol. The fourth-order valence-electron chi connectivity index (χ4n) is 1.55. The SMILES string of the molecule is COCCN(CCCl)C1CCC1. The van der Waals surface area contributed by atoms with Crippen LogP contribution in [0.3, 0.4) is 0 Å². The van der Waals surface area contributed by atoms with E-state index in [4.69, 9.17) is 16.3 Å². The van der Waals surface area contributed by atoms with Crippen LogP contribution in [0.15, 0.2) is 0 Å². The van der Waals surface area contributed by atoms with Gasteiger partial charge in [0.05, 0.1) is 6.61 Å². The van der Waals surface area contributed by atoms with Crippen LogP contribution >= 0.6 is 11.6 Å². The zero-order valence-electron chi connectivity index (χ0n) is 7.76. The van der Waals surface area contributed by atoms with Crippen LogP contribution in [0.2, 0.25) is 0 Å². The normalized spacial score (nSPS) is 18.2. The van der Waals surface area contributed by atoms with Crippen LogP contribution in [0.25, 0.3) is 0 Å². The first-order chi connectivity index (χ1) is 5.88. The zero-order valence-corrected chi connectivity index (χ0v) is 8.52. The first-order valence-corrected chi connectivity index (χ1v) is 5.21. The highest BCUT2D eigenvalue weighted by atomic mass is 35.5. The van der Waals surface area contributed by atoms with Crippen LogP contribution in [0, 0.1) is 0 Å². The molecule has 0 aromatic rings. The van der Waals surface area contributed by atoms with Crippen molar-refractivity contribution in [1.82, 2.24) is 4.90 Å². The van der Waals surface area contributed by atoms with Crippen molar-refractivity contribution in [3.63, 3.8) is 0 Å². The third-order valence-corrected chi connectivity index (χ3v) is 2.71. The predicted octanol–water partition coefficient (Wildman–Crippen LogP) is 1.73. The van der Waals surface area contributed by atoms with Gasteiger partial charge in [-0.2, -0.15) is 0 Å². The molecule has 0 radical (unpaired) electrons. The maximum absolute atomic E-state index is 5.72. The van der Waals surface area contributed by atoms with Gasteiger partial charge in [0, 0.05) is 32.1 Å². The molecule has 3 heteroatoms. The Kier molecular flexibility index (Phi) is 4.96. The van der Waals surface area contributed by atoms with Crippen LogP contribution in [-0.4, -0.2) is 43.6 Å². The van der Waals surface area contributed by atoms with Gasteiger partial charge in [-0.1, -0.05) is 6.42 Å². The van der Waals surface area contributed by atoms with Gasteiger partial charge in [0.15, 0.2) is 0 Å². The summed E-state index contributed by atoms with van der Waals surface area (Å²) in [7, 11) is 1.75. The molecule has 1 rings (SSSR count). The molecule has 0 atom stereocenters. The summed E-state index contributed by atoms with van der Waals surface area (Å²) in [5.74, 6) is 0.736. The highest BCUT2D eigenvalue weighted by Gasteiger charge is 2.23. The number of hydrogen-bond donors (Lipinski definition) is 0. The third kappa shape index (κ3) is 2.92. The molecule has 1 fully saturated rings. The fraction of sp³-hybridized carbons (Fsp3) is 1.00. The molecule has 72 valence electrons. The van der Waals surface area contributed by atoms with E-state index in [2.05, 4.69) is 4.90 Å². The molecule has 1 saturated carbocycles. The van der Waals surface area contributed by atoms with Gasteiger partial charge in [-0.05, 0) is 12.8 Å². The second kappa shape index (κ2) is 5.79. The van der Waals surface area contributed by atoms with E-state index in [9.17, 15) is 0 Å². The van der Waals surface area contributed by atoms with E-state index >= 15 is 0 Å². The number of alkyl halides is 1. The summed E-state index contributed by atoms with van der Waals surface area (Å²) < 4.78 is 5.05. The quantitative estimate of drug-likeness (QED) is 0.593. The van der Waals surface area contributed by atoms with E-state index < -0.39 is 0 Å². The van der Waals surface area contributed by atoms with E-state index in [0.717, 1.165) is 31.6 Å². The lowest BCUT2D eigenvalue weighted by Gasteiger charge is -2.37. The molecular weight excluding hydrogens is 174 g/mol. The Morgan fingerprint density at radius 1 is 1.42 bits per heavy atom. The van der Waals surface area contributed by atoms with Gasteiger partial charge in [0.2, 0.25) is 0 Å². The summed E-state index contributed by atoms with van der Waals surface area (Å²) in [5, 5.41) is 0. The Hall–Kier alpha value is 0.210. The summed E-state index contributed by atoms with van der Waals surface area (Å²) >= 11 is 5.72. The van der Waals surface area contributed by atoms with Crippen LogP contribution in [0.5, 0.6) is 0 Å². The number of ether oxygens (including phenoxy) is 1. The number of halogens is 1. The Balaban J connectivity index is 2.17. The lowest BCUT2D eigenvalue weighted by atomic mass is 9.91. The molecule has 0 heterocycles. The zero-order chi connectivity index (χ0) is 8.81. The first-order valence-electron chi connectivity index (χ1n) is 4.67. The van der Waals surface area contributed by atoms with E-state index in [0.29, 0.717) is 0 Å². The van der Waals surface area contributed by atoms with Crippen molar-refractivity contribution in [2.24, 2.45) is 0 Å². The van der Waals surface area contributed by atoms with Gasteiger partial charge in [-0.15, -0.1) is 11.6 Å². The van der Waals surface area contributed by atoms with Crippen LogP contribution in [0.1, 0.15) is 19.3 Å². The number of methoxy groups -OCH3 is 1. The van der Waals surface area contributed by atoms with Gasteiger partial charge >= 0.3 is 0 Å². The summed E-state index contributed by atoms with van der Waals surface area (Å²) in [5.41, 5.74) is 0. The molecule has 1 aliphatic rings. The van der Waals surface area contributed by atoms with Crippen molar-refractivity contribution >= 4 is 11.6 Å². The molecule has 0 bridgehead atoms. The van der Waals surface area contributed by atoms with Gasteiger partial charge in [0.1, 0.15) is 0 Å². The lowest BCUT2D eigenvalue weighted by Crippen LogP contribution is -2.42. The minimum Gasteiger partial charge on any atom is -0.383 e.